The highest BCUT2D eigenvalue weighted by atomic mass is 35.5. The Morgan fingerprint density at radius 3 is 2.67 bits per heavy atom. The van der Waals surface area contributed by atoms with Crippen molar-refractivity contribution in [1.82, 2.24) is 0 Å². The summed E-state index contributed by atoms with van der Waals surface area (Å²) in [6.45, 7) is 6.72. The number of hydrogen-bond donors (Lipinski definition) is 1. The molecule has 1 aliphatic rings. The van der Waals surface area contributed by atoms with Crippen molar-refractivity contribution in [1.29, 1.82) is 0 Å². The second-order valence-corrected chi connectivity index (χ2v) is 6.15. The van der Waals surface area contributed by atoms with Gasteiger partial charge in [-0.3, -0.25) is 0 Å². The maximum atomic E-state index is 6.43. The molecule has 21 heavy (non-hydrogen) atoms. The SMILES string of the molecule is Cc1oc(C)c(C(N)Cc2cc(Cl)cc3c2OCC3)c1C. The molecule has 0 amide bonds. The van der Waals surface area contributed by atoms with Gasteiger partial charge in [0.15, 0.2) is 0 Å². The Morgan fingerprint density at radius 2 is 2.00 bits per heavy atom. The van der Waals surface area contributed by atoms with E-state index in [1.807, 2.05) is 26.0 Å². The molecule has 1 aliphatic heterocycles. The first-order chi connectivity index (χ1) is 9.97. The van der Waals surface area contributed by atoms with Crippen LogP contribution in [-0.2, 0) is 12.8 Å². The number of halogens is 1. The van der Waals surface area contributed by atoms with Crippen LogP contribution in [0.2, 0.25) is 5.02 Å². The van der Waals surface area contributed by atoms with Crippen LogP contribution in [0.15, 0.2) is 16.5 Å². The number of fused-ring (bicyclic) bond motifs is 1. The number of benzene rings is 1. The van der Waals surface area contributed by atoms with E-state index in [-0.39, 0.29) is 6.04 Å². The van der Waals surface area contributed by atoms with Gasteiger partial charge in [-0.1, -0.05) is 11.6 Å². The Kier molecular flexibility index (Phi) is 3.72. The van der Waals surface area contributed by atoms with Gasteiger partial charge < -0.3 is 14.9 Å². The monoisotopic (exact) mass is 305 g/mol. The molecular weight excluding hydrogens is 286 g/mol. The van der Waals surface area contributed by atoms with Crippen molar-refractivity contribution in [2.45, 2.75) is 39.7 Å². The fraction of sp³-hybridized carbons (Fsp3) is 0.412. The summed E-state index contributed by atoms with van der Waals surface area (Å²) in [5, 5.41) is 0.748. The first-order valence-corrected chi connectivity index (χ1v) is 7.61. The highest BCUT2D eigenvalue weighted by molar-refractivity contribution is 6.30. The minimum Gasteiger partial charge on any atom is -0.493 e. The van der Waals surface area contributed by atoms with Crippen LogP contribution in [0.25, 0.3) is 0 Å². The summed E-state index contributed by atoms with van der Waals surface area (Å²) < 4.78 is 11.4. The Morgan fingerprint density at radius 1 is 1.24 bits per heavy atom. The standard InChI is InChI=1S/C17H20ClNO2/c1-9-10(2)21-11(3)16(9)15(19)8-13-7-14(18)6-12-4-5-20-17(12)13/h6-7,15H,4-5,8,19H2,1-3H3. The lowest BCUT2D eigenvalue weighted by molar-refractivity contribution is 0.352. The molecule has 112 valence electrons. The normalized spacial score (nSPS) is 14.9. The van der Waals surface area contributed by atoms with Crippen LogP contribution < -0.4 is 10.5 Å². The number of furan rings is 1. The van der Waals surface area contributed by atoms with E-state index in [1.54, 1.807) is 0 Å². The zero-order valence-corrected chi connectivity index (χ0v) is 13.4. The largest absolute Gasteiger partial charge is 0.493 e. The van der Waals surface area contributed by atoms with Gasteiger partial charge in [0.1, 0.15) is 17.3 Å². The number of ether oxygens (including phenoxy) is 1. The van der Waals surface area contributed by atoms with Crippen LogP contribution in [0.4, 0.5) is 0 Å². The van der Waals surface area contributed by atoms with Gasteiger partial charge in [0.2, 0.25) is 0 Å². The van der Waals surface area contributed by atoms with E-state index in [0.717, 1.165) is 52.0 Å². The molecule has 0 bridgehead atoms. The highest BCUT2D eigenvalue weighted by Gasteiger charge is 2.23. The minimum absolute atomic E-state index is 0.116. The molecule has 0 fully saturated rings. The molecule has 3 rings (SSSR count). The van der Waals surface area contributed by atoms with Crippen LogP contribution in [0.5, 0.6) is 5.75 Å². The maximum absolute atomic E-state index is 6.43. The summed E-state index contributed by atoms with van der Waals surface area (Å²) in [4.78, 5) is 0. The lowest BCUT2D eigenvalue weighted by atomic mass is 9.95. The molecule has 4 heteroatoms. The van der Waals surface area contributed by atoms with Crippen molar-refractivity contribution in [3.63, 3.8) is 0 Å². The predicted octanol–water partition coefficient (Wildman–Crippen LogP) is 4.04. The third kappa shape index (κ3) is 2.56. The van der Waals surface area contributed by atoms with Crippen LogP contribution in [0, 0.1) is 20.8 Å². The zero-order valence-electron chi connectivity index (χ0n) is 12.6. The molecule has 1 unspecified atom stereocenters. The molecule has 0 spiro atoms. The molecule has 0 saturated carbocycles. The average molecular weight is 306 g/mol. The molecule has 2 heterocycles. The van der Waals surface area contributed by atoms with Crippen molar-refractivity contribution < 1.29 is 9.15 Å². The predicted molar refractivity (Wildman–Crippen MR) is 84.2 cm³/mol. The van der Waals surface area contributed by atoms with Crippen molar-refractivity contribution in [3.05, 3.63) is 50.9 Å². The van der Waals surface area contributed by atoms with Crippen molar-refractivity contribution in [2.24, 2.45) is 5.73 Å². The van der Waals surface area contributed by atoms with Crippen molar-refractivity contribution >= 4 is 11.6 Å². The van der Waals surface area contributed by atoms with E-state index < -0.39 is 0 Å². The van der Waals surface area contributed by atoms with Gasteiger partial charge in [0.25, 0.3) is 0 Å². The Hall–Kier alpha value is -1.45. The smallest absolute Gasteiger partial charge is 0.125 e. The van der Waals surface area contributed by atoms with Crippen molar-refractivity contribution in [3.8, 4) is 5.75 Å². The van der Waals surface area contributed by atoms with E-state index in [0.29, 0.717) is 6.42 Å². The van der Waals surface area contributed by atoms with Gasteiger partial charge in [0, 0.05) is 23.0 Å². The molecule has 2 aromatic rings. The summed E-state index contributed by atoms with van der Waals surface area (Å²) in [6.07, 6.45) is 1.62. The molecular formula is C17H20ClNO2. The first-order valence-electron chi connectivity index (χ1n) is 7.23. The van der Waals surface area contributed by atoms with E-state index in [1.165, 1.54) is 5.56 Å². The fourth-order valence-electron chi connectivity index (χ4n) is 3.19. The fourth-order valence-corrected chi connectivity index (χ4v) is 3.45. The Balaban J connectivity index is 1.94. The summed E-state index contributed by atoms with van der Waals surface area (Å²) >= 11 is 6.21. The van der Waals surface area contributed by atoms with Crippen LogP contribution in [0.3, 0.4) is 0 Å². The number of rotatable bonds is 3. The van der Waals surface area contributed by atoms with Gasteiger partial charge in [-0.15, -0.1) is 0 Å². The molecule has 0 radical (unpaired) electrons. The van der Waals surface area contributed by atoms with Gasteiger partial charge in [-0.05, 0) is 56.0 Å². The minimum atomic E-state index is -0.116. The van der Waals surface area contributed by atoms with Gasteiger partial charge in [-0.25, -0.2) is 0 Å². The summed E-state index contributed by atoms with van der Waals surface area (Å²) in [6, 6.07) is 3.83. The van der Waals surface area contributed by atoms with E-state index in [4.69, 9.17) is 26.5 Å². The number of nitrogens with two attached hydrogens (primary N) is 1. The lowest BCUT2D eigenvalue weighted by Gasteiger charge is -2.15. The molecule has 1 aromatic heterocycles. The first kappa shape index (κ1) is 14.5. The molecule has 0 aliphatic carbocycles. The summed E-state index contributed by atoms with van der Waals surface area (Å²) in [5.74, 6) is 2.80. The van der Waals surface area contributed by atoms with Crippen LogP contribution in [0.1, 0.15) is 39.8 Å². The second-order valence-electron chi connectivity index (χ2n) is 5.72. The molecule has 2 N–H and O–H groups in total. The summed E-state index contributed by atoms with van der Waals surface area (Å²) in [7, 11) is 0. The van der Waals surface area contributed by atoms with Gasteiger partial charge in [-0.2, -0.15) is 0 Å². The third-order valence-corrected chi connectivity index (χ3v) is 4.47. The number of aryl methyl sites for hydroxylation is 2. The molecule has 1 aromatic carbocycles. The van der Waals surface area contributed by atoms with E-state index in [9.17, 15) is 0 Å². The van der Waals surface area contributed by atoms with Crippen LogP contribution in [-0.4, -0.2) is 6.61 Å². The summed E-state index contributed by atoms with van der Waals surface area (Å²) in [5.41, 5.74) is 10.9. The highest BCUT2D eigenvalue weighted by Crippen LogP contribution is 2.36. The molecule has 1 atom stereocenters. The van der Waals surface area contributed by atoms with Gasteiger partial charge in [0.05, 0.1) is 6.61 Å². The second kappa shape index (κ2) is 5.39. The third-order valence-electron chi connectivity index (χ3n) is 4.25. The van der Waals surface area contributed by atoms with Gasteiger partial charge >= 0.3 is 0 Å². The quantitative estimate of drug-likeness (QED) is 0.931. The zero-order chi connectivity index (χ0) is 15.1. The van der Waals surface area contributed by atoms with E-state index in [2.05, 4.69) is 6.92 Å². The van der Waals surface area contributed by atoms with E-state index >= 15 is 0 Å². The number of hydrogen-bond acceptors (Lipinski definition) is 3. The van der Waals surface area contributed by atoms with Crippen LogP contribution >= 0.6 is 11.6 Å². The molecule has 3 nitrogen and oxygen atoms in total. The van der Waals surface area contributed by atoms with Crippen molar-refractivity contribution in [2.75, 3.05) is 6.61 Å². The lowest BCUT2D eigenvalue weighted by Crippen LogP contribution is -2.15. The average Bonchev–Trinajstić information content (AvgIpc) is 2.95. The Labute approximate surface area is 130 Å². The maximum Gasteiger partial charge on any atom is 0.125 e. The topological polar surface area (TPSA) is 48.4 Å². The molecule has 0 saturated heterocycles. The Bertz CT molecular complexity index is 691.